The molecule has 4 aromatic rings. The Morgan fingerprint density at radius 1 is 1.14 bits per heavy atom. The Hall–Kier alpha value is -3.25. The van der Waals surface area contributed by atoms with Crippen molar-refractivity contribution in [1.82, 2.24) is 9.55 Å². The number of thiazole rings is 1. The number of halogens is 1. The van der Waals surface area contributed by atoms with E-state index in [4.69, 9.17) is 10.7 Å². The van der Waals surface area contributed by atoms with Gasteiger partial charge in [0.15, 0.2) is 0 Å². The number of carbonyl (C=O) groups excluding carboxylic acids is 1. The molecule has 0 aliphatic rings. The maximum absolute atomic E-state index is 14.2. The van der Waals surface area contributed by atoms with Crippen molar-refractivity contribution in [3.8, 4) is 22.0 Å². The highest BCUT2D eigenvalue weighted by Gasteiger charge is 2.20. The van der Waals surface area contributed by atoms with Crippen LogP contribution < -0.4 is 5.73 Å². The molecule has 1 amide bonds. The van der Waals surface area contributed by atoms with Gasteiger partial charge in [0.2, 0.25) is 0 Å². The summed E-state index contributed by atoms with van der Waals surface area (Å²) >= 11 is 1.53. The Morgan fingerprint density at radius 3 is 2.55 bits per heavy atom. The van der Waals surface area contributed by atoms with Gasteiger partial charge < -0.3 is 10.3 Å². The van der Waals surface area contributed by atoms with E-state index in [1.807, 2.05) is 48.1 Å². The van der Waals surface area contributed by atoms with Crippen LogP contribution in [0.4, 0.5) is 4.39 Å². The van der Waals surface area contributed by atoms with Gasteiger partial charge >= 0.3 is 0 Å². The molecule has 0 radical (unpaired) electrons. The first kappa shape index (κ1) is 19.1. The highest BCUT2D eigenvalue weighted by Crippen LogP contribution is 2.32. The smallest absolute Gasteiger partial charge is 0.250 e. The number of benzene rings is 2. The highest BCUT2D eigenvalue weighted by atomic mass is 32.1. The van der Waals surface area contributed by atoms with Crippen LogP contribution in [0, 0.1) is 19.7 Å². The number of nitrogens with zero attached hydrogens (tertiary/aromatic N) is 2. The van der Waals surface area contributed by atoms with Gasteiger partial charge in [0, 0.05) is 22.2 Å². The molecule has 0 aliphatic carbocycles. The predicted molar refractivity (Wildman–Crippen MR) is 114 cm³/mol. The van der Waals surface area contributed by atoms with E-state index in [0.717, 1.165) is 22.0 Å². The van der Waals surface area contributed by atoms with E-state index in [0.29, 0.717) is 23.4 Å². The summed E-state index contributed by atoms with van der Waals surface area (Å²) in [6, 6.07) is 16.5. The average molecular weight is 405 g/mol. The third kappa shape index (κ3) is 3.71. The summed E-state index contributed by atoms with van der Waals surface area (Å²) in [6.07, 6.45) is 0. The fraction of sp³-hybridized carbons (Fsp3) is 0.130. The van der Waals surface area contributed by atoms with Crippen LogP contribution in [-0.2, 0) is 6.54 Å². The maximum atomic E-state index is 14.2. The number of aromatic nitrogens is 2. The Labute approximate surface area is 172 Å². The van der Waals surface area contributed by atoms with Crippen LogP contribution in [0.15, 0.2) is 60.0 Å². The maximum Gasteiger partial charge on any atom is 0.250 e. The lowest BCUT2D eigenvalue weighted by Gasteiger charge is -2.11. The van der Waals surface area contributed by atoms with Gasteiger partial charge in [0.1, 0.15) is 10.8 Å². The molecule has 0 saturated heterocycles. The summed E-state index contributed by atoms with van der Waals surface area (Å²) in [5.41, 5.74) is 10.9. The van der Waals surface area contributed by atoms with Crippen molar-refractivity contribution in [2.45, 2.75) is 20.4 Å². The monoisotopic (exact) mass is 405 g/mol. The molecule has 6 heteroatoms. The quantitative estimate of drug-likeness (QED) is 0.497. The molecule has 0 fully saturated rings. The van der Waals surface area contributed by atoms with Crippen molar-refractivity contribution >= 4 is 17.2 Å². The van der Waals surface area contributed by atoms with E-state index in [1.165, 1.54) is 23.0 Å². The molecule has 2 aromatic heterocycles. The van der Waals surface area contributed by atoms with Gasteiger partial charge in [-0.1, -0.05) is 48.0 Å². The lowest BCUT2D eigenvalue weighted by molar-refractivity contribution is 0.0999. The van der Waals surface area contributed by atoms with Crippen LogP contribution in [-0.4, -0.2) is 15.5 Å². The first-order valence-electron chi connectivity index (χ1n) is 9.20. The van der Waals surface area contributed by atoms with Crippen molar-refractivity contribution in [3.63, 3.8) is 0 Å². The molecule has 2 aromatic carbocycles. The number of hydrogen-bond acceptors (Lipinski definition) is 3. The molecule has 0 saturated carbocycles. The Bertz CT molecular complexity index is 1190. The highest BCUT2D eigenvalue weighted by molar-refractivity contribution is 7.13. The zero-order valence-corrected chi connectivity index (χ0v) is 17.0. The Morgan fingerprint density at radius 2 is 1.86 bits per heavy atom. The topological polar surface area (TPSA) is 60.9 Å². The minimum Gasteiger partial charge on any atom is -0.366 e. The van der Waals surface area contributed by atoms with Crippen LogP contribution in [0.25, 0.3) is 22.0 Å². The van der Waals surface area contributed by atoms with Gasteiger partial charge in [-0.15, -0.1) is 11.3 Å². The fourth-order valence-corrected chi connectivity index (χ4v) is 4.15. The predicted octanol–water partition coefficient (Wildman–Crippen LogP) is 5.18. The van der Waals surface area contributed by atoms with E-state index >= 15 is 0 Å². The minimum absolute atomic E-state index is 0.286. The first-order chi connectivity index (χ1) is 13.9. The zero-order chi connectivity index (χ0) is 20.5. The van der Waals surface area contributed by atoms with E-state index in [9.17, 15) is 9.18 Å². The summed E-state index contributed by atoms with van der Waals surface area (Å²) < 4.78 is 16.1. The molecule has 4 rings (SSSR count). The lowest BCUT2D eigenvalue weighted by atomic mass is 10.2. The number of aryl methyl sites for hydroxylation is 1. The van der Waals surface area contributed by atoms with Crippen LogP contribution in [0.2, 0.25) is 0 Å². The average Bonchev–Trinajstić information content (AvgIpc) is 3.30. The second-order valence-electron chi connectivity index (χ2n) is 6.97. The van der Waals surface area contributed by atoms with Gasteiger partial charge in [-0.05, 0) is 26.0 Å². The molecular weight excluding hydrogens is 385 g/mol. The number of hydrogen-bond donors (Lipinski definition) is 1. The molecule has 0 bridgehead atoms. The molecule has 0 unspecified atom stereocenters. The lowest BCUT2D eigenvalue weighted by Crippen LogP contribution is -2.13. The second kappa shape index (κ2) is 7.64. The standard InChI is InChI=1S/C23H20FN3OS/c1-14-7-9-16(10-8-14)23-26-20(13-29-23)21-11-18(22(25)28)15(2)27(21)12-17-5-3-4-6-19(17)24/h3-11,13H,12H2,1-2H3,(H2,25,28). The Kier molecular flexibility index (Phi) is 5.03. The normalized spacial score (nSPS) is 11.0. The summed E-state index contributed by atoms with van der Waals surface area (Å²) in [5.74, 6) is -0.796. The van der Waals surface area contributed by atoms with Crippen molar-refractivity contribution < 1.29 is 9.18 Å². The van der Waals surface area contributed by atoms with E-state index in [1.54, 1.807) is 24.3 Å². The number of carbonyl (C=O) groups is 1. The zero-order valence-electron chi connectivity index (χ0n) is 16.1. The fourth-order valence-electron chi connectivity index (χ4n) is 3.33. The number of nitrogens with two attached hydrogens (primary N) is 1. The van der Waals surface area contributed by atoms with Crippen molar-refractivity contribution in [2.75, 3.05) is 0 Å². The van der Waals surface area contributed by atoms with E-state index < -0.39 is 5.91 Å². The Balaban J connectivity index is 1.79. The molecule has 29 heavy (non-hydrogen) atoms. The van der Waals surface area contributed by atoms with Crippen LogP contribution in [0.3, 0.4) is 0 Å². The summed E-state index contributed by atoms with van der Waals surface area (Å²) in [4.78, 5) is 16.7. The third-order valence-electron chi connectivity index (χ3n) is 4.98. The van der Waals surface area contributed by atoms with E-state index in [-0.39, 0.29) is 5.82 Å². The molecule has 0 atom stereocenters. The van der Waals surface area contributed by atoms with Crippen molar-refractivity contribution in [3.05, 3.63) is 88.2 Å². The summed E-state index contributed by atoms with van der Waals surface area (Å²) in [5, 5.41) is 2.84. The summed E-state index contributed by atoms with van der Waals surface area (Å²) in [7, 11) is 0. The molecular formula is C23H20FN3OS. The van der Waals surface area contributed by atoms with Gasteiger partial charge in [-0.25, -0.2) is 9.37 Å². The van der Waals surface area contributed by atoms with Crippen molar-refractivity contribution in [1.29, 1.82) is 0 Å². The van der Waals surface area contributed by atoms with Crippen LogP contribution in [0.5, 0.6) is 0 Å². The first-order valence-corrected chi connectivity index (χ1v) is 10.1. The number of amides is 1. The number of rotatable bonds is 5. The van der Waals surface area contributed by atoms with Crippen LogP contribution >= 0.6 is 11.3 Å². The van der Waals surface area contributed by atoms with E-state index in [2.05, 4.69) is 0 Å². The van der Waals surface area contributed by atoms with Crippen molar-refractivity contribution in [2.24, 2.45) is 5.73 Å². The van der Waals surface area contributed by atoms with Gasteiger partial charge in [0.05, 0.1) is 23.5 Å². The summed E-state index contributed by atoms with van der Waals surface area (Å²) in [6.45, 7) is 4.15. The minimum atomic E-state index is -0.509. The SMILES string of the molecule is Cc1ccc(-c2nc(-c3cc(C(N)=O)c(C)n3Cc3ccccc3F)cs2)cc1. The van der Waals surface area contributed by atoms with Gasteiger partial charge in [-0.3, -0.25) is 4.79 Å². The molecule has 146 valence electrons. The number of primary amides is 1. The van der Waals surface area contributed by atoms with Crippen LogP contribution in [0.1, 0.15) is 27.2 Å². The molecule has 2 heterocycles. The largest absolute Gasteiger partial charge is 0.366 e. The molecule has 0 spiro atoms. The molecule has 4 nitrogen and oxygen atoms in total. The molecule has 0 aliphatic heterocycles. The van der Waals surface area contributed by atoms with Gasteiger partial charge in [-0.2, -0.15) is 0 Å². The van der Waals surface area contributed by atoms with Gasteiger partial charge in [0.25, 0.3) is 5.91 Å². The molecule has 2 N–H and O–H groups in total. The second-order valence-corrected chi connectivity index (χ2v) is 7.83. The third-order valence-corrected chi connectivity index (χ3v) is 5.87.